The van der Waals surface area contributed by atoms with Crippen molar-refractivity contribution >= 4 is 27.5 Å². The summed E-state index contributed by atoms with van der Waals surface area (Å²) in [5.41, 5.74) is 0.912. The van der Waals surface area contributed by atoms with E-state index in [-0.39, 0.29) is 35.7 Å². The number of nitrogens with one attached hydrogen (secondary N) is 1. The average molecular weight is 488 g/mol. The van der Waals surface area contributed by atoms with Gasteiger partial charge in [0.05, 0.1) is 36.5 Å². The van der Waals surface area contributed by atoms with Gasteiger partial charge in [-0.2, -0.15) is 4.31 Å². The Kier molecular flexibility index (Phi) is 7.50. The molecule has 0 spiro atoms. The molecule has 10 heteroatoms. The number of anilines is 1. The van der Waals surface area contributed by atoms with Crippen molar-refractivity contribution in [1.82, 2.24) is 9.21 Å². The van der Waals surface area contributed by atoms with Gasteiger partial charge in [0, 0.05) is 32.1 Å². The number of piperidine rings is 1. The van der Waals surface area contributed by atoms with Crippen molar-refractivity contribution in [2.75, 3.05) is 51.8 Å². The SMILES string of the molecule is COc1ccc(S(=O)(=O)N2CCC(C(=O)Nc3ccccc3C(=O)N3CCOCC3)CC2)cc1. The van der Waals surface area contributed by atoms with E-state index in [1.165, 1.54) is 23.5 Å². The number of hydrogen-bond acceptors (Lipinski definition) is 6. The van der Waals surface area contributed by atoms with Crippen LogP contribution in [-0.2, 0) is 19.6 Å². The summed E-state index contributed by atoms with van der Waals surface area (Å²) in [6.07, 6.45) is 0.807. The summed E-state index contributed by atoms with van der Waals surface area (Å²) >= 11 is 0. The highest BCUT2D eigenvalue weighted by atomic mass is 32.2. The maximum atomic E-state index is 13.0. The van der Waals surface area contributed by atoms with Gasteiger partial charge < -0.3 is 19.7 Å². The van der Waals surface area contributed by atoms with E-state index in [0.29, 0.717) is 56.1 Å². The fourth-order valence-electron chi connectivity index (χ4n) is 4.21. The van der Waals surface area contributed by atoms with Crippen LogP contribution in [0.3, 0.4) is 0 Å². The Morgan fingerprint density at radius 1 is 0.971 bits per heavy atom. The second kappa shape index (κ2) is 10.5. The molecule has 1 N–H and O–H groups in total. The first kappa shape index (κ1) is 24.2. The number of benzene rings is 2. The minimum absolute atomic E-state index is 0.139. The van der Waals surface area contributed by atoms with Crippen LogP contribution in [0, 0.1) is 5.92 Å². The lowest BCUT2D eigenvalue weighted by Crippen LogP contribution is -2.42. The number of carbonyl (C=O) groups excluding carboxylic acids is 2. The van der Waals surface area contributed by atoms with E-state index in [9.17, 15) is 18.0 Å². The quantitative estimate of drug-likeness (QED) is 0.670. The molecule has 2 aliphatic rings. The fraction of sp³-hybridized carbons (Fsp3) is 0.417. The van der Waals surface area contributed by atoms with E-state index in [4.69, 9.17) is 9.47 Å². The molecule has 2 heterocycles. The number of para-hydroxylation sites is 1. The number of carbonyl (C=O) groups is 2. The Hall–Kier alpha value is -2.95. The number of ether oxygens (including phenoxy) is 2. The van der Waals surface area contributed by atoms with Gasteiger partial charge in [-0.15, -0.1) is 0 Å². The van der Waals surface area contributed by atoms with E-state index in [1.54, 1.807) is 41.3 Å². The van der Waals surface area contributed by atoms with E-state index in [0.717, 1.165) is 0 Å². The van der Waals surface area contributed by atoms with Crippen LogP contribution in [0.15, 0.2) is 53.4 Å². The molecule has 2 amide bonds. The van der Waals surface area contributed by atoms with Crippen molar-refractivity contribution in [2.45, 2.75) is 17.7 Å². The number of amides is 2. The van der Waals surface area contributed by atoms with Gasteiger partial charge >= 0.3 is 0 Å². The third kappa shape index (κ3) is 5.24. The summed E-state index contributed by atoms with van der Waals surface area (Å²) in [6.45, 7) is 2.53. The minimum Gasteiger partial charge on any atom is -0.497 e. The number of morpholine rings is 1. The summed E-state index contributed by atoms with van der Waals surface area (Å²) in [5, 5.41) is 2.90. The molecule has 9 nitrogen and oxygen atoms in total. The summed E-state index contributed by atoms with van der Waals surface area (Å²) in [5.74, 6) is -0.0982. The van der Waals surface area contributed by atoms with Crippen LogP contribution in [0.1, 0.15) is 23.2 Å². The Morgan fingerprint density at radius 3 is 2.26 bits per heavy atom. The largest absolute Gasteiger partial charge is 0.497 e. The maximum absolute atomic E-state index is 13.0. The average Bonchev–Trinajstić information content (AvgIpc) is 2.89. The molecule has 0 aliphatic carbocycles. The maximum Gasteiger partial charge on any atom is 0.256 e. The van der Waals surface area contributed by atoms with Crippen molar-refractivity contribution < 1.29 is 27.5 Å². The lowest BCUT2D eigenvalue weighted by atomic mass is 9.97. The van der Waals surface area contributed by atoms with Crippen LogP contribution in [0.5, 0.6) is 5.75 Å². The second-order valence-corrected chi connectivity index (χ2v) is 10.2. The topological polar surface area (TPSA) is 105 Å². The first-order valence-corrected chi connectivity index (χ1v) is 12.8. The van der Waals surface area contributed by atoms with Gasteiger partial charge in [0.15, 0.2) is 0 Å². The molecular weight excluding hydrogens is 458 g/mol. The molecule has 0 bridgehead atoms. The van der Waals surface area contributed by atoms with Gasteiger partial charge in [0.2, 0.25) is 15.9 Å². The molecule has 2 aromatic rings. The lowest BCUT2D eigenvalue weighted by Gasteiger charge is -2.31. The summed E-state index contributed by atoms with van der Waals surface area (Å²) in [7, 11) is -2.12. The number of nitrogens with zero attached hydrogens (tertiary/aromatic N) is 2. The number of hydrogen-bond donors (Lipinski definition) is 1. The lowest BCUT2D eigenvalue weighted by molar-refractivity contribution is -0.120. The molecular formula is C24H29N3O6S. The molecule has 0 atom stereocenters. The minimum atomic E-state index is -3.64. The highest BCUT2D eigenvalue weighted by Gasteiger charge is 2.32. The predicted molar refractivity (Wildman–Crippen MR) is 126 cm³/mol. The molecule has 182 valence electrons. The Bertz CT molecular complexity index is 1120. The van der Waals surface area contributed by atoms with Crippen LogP contribution < -0.4 is 10.1 Å². The molecule has 2 fully saturated rings. The van der Waals surface area contributed by atoms with Crippen molar-refractivity contribution in [3.8, 4) is 5.75 Å². The van der Waals surface area contributed by atoms with Gasteiger partial charge in [0.1, 0.15) is 5.75 Å². The molecule has 34 heavy (non-hydrogen) atoms. The summed E-state index contributed by atoms with van der Waals surface area (Å²) in [4.78, 5) is 27.8. The van der Waals surface area contributed by atoms with E-state index in [2.05, 4.69) is 5.32 Å². The van der Waals surface area contributed by atoms with Crippen LogP contribution in [0.2, 0.25) is 0 Å². The van der Waals surface area contributed by atoms with Crippen LogP contribution in [0.4, 0.5) is 5.69 Å². The normalized spacial score (nSPS) is 17.9. The third-order valence-electron chi connectivity index (χ3n) is 6.24. The van der Waals surface area contributed by atoms with Crippen LogP contribution >= 0.6 is 0 Å². The van der Waals surface area contributed by atoms with Crippen molar-refractivity contribution in [3.63, 3.8) is 0 Å². The van der Waals surface area contributed by atoms with Crippen molar-refractivity contribution in [1.29, 1.82) is 0 Å². The van der Waals surface area contributed by atoms with E-state index < -0.39 is 10.0 Å². The molecule has 0 saturated carbocycles. The van der Waals surface area contributed by atoms with Crippen molar-refractivity contribution in [2.24, 2.45) is 5.92 Å². The highest BCUT2D eigenvalue weighted by Crippen LogP contribution is 2.27. The van der Waals surface area contributed by atoms with E-state index in [1.807, 2.05) is 0 Å². The Morgan fingerprint density at radius 2 is 1.62 bits per heavy atom. The van der Waals surface area contributed by atoms with Gasteiger partial charge in [-0.1, -0.05) is 12.1 Å². The molecule has 0 unspecified atom stereocenters. The van der Waals surface area contributed by atoms with Gasteiger partial charge in [-0.05, 0) is 49.2 Å². The van der Waals surface area contributed by atoms with Crippen LogP contribution in [-0.4, -0.2) is 75.9 Å². The van der Waals surface area contributed by atoms with Crippen molar-refractivity contribution in [3.05, 3.63) is 54.1 Å². The number of rotatable bonds is 6. The first-order chi connectivity index (χ1) is 16.4. The van der Waals surface area contributed by atoms with Crippen LogP contribution in [0.25, 0.3) is 0 Å². The zero-order valence-electron chi connectivity index (χ0n) is 19.1. The zero-order chi connectivity index (χ0) is 24.1. The number of sulfonamides is 1. The van der Waals surface area contributed by atoms with Gasteiger partial charge in [-0.3, -0.25) is 9.59 Å². The Labute approximate surface area is 199 Å². The monoisotopic (exact) mass is 487 g/mol. The zero-order valence-corrected chi connectivity index (χ0v) is 19.9. The molecule has 4 rings (SSSR count). The fourth-order valence-corrected chi connectivity index (χ4v) is 5.68. The predicted octanol–water partition coefficient (Wildman–Crippen LogP) is 2.21. The second-order valence-electron chi connectivity index (χ2n) is 8.29. The van der Waals surface area contributed by atoms with Gasteiger partial charge in [-0.25, -0.2) is 8.42 Å². The first-order valence-electron chi connectivity index (χ1n) is 11.3. The summed E-state index contributed by atoms with van der Waals surface area (Å²) < 4.78 is 37.7. The standard InChI is InChI=1S/C24H29N3O6S/c1-32-19-6-8-20(9-7-19)34(30,31)27-12-10-18(11-13-27)23(28)25-22-5-3-2-4-21(22)24(29)26-14-16-33-17-15-26/h2-9,18H,10-17H2,1H3,(H,25,28). The molecule has 2 aromatic carbocycles. The molecule has 2 saturated heterocycles. The number of methoxy groups -OCH3 is 1. The highest BCUT2D eigenvalue weighted by molar-refractivity contribution is 7.89. The summed E-state index contributed by atoms with van der Waals surface area (Å²) in [6, 6.07) is 13.2. The van der Waals surface area contributed by atoms with E-state index >= 15 is 0 Å². The Balaban J connectivity index is 1.38. The molecule has 0 aromatic heterocycles. The smallest absolute Gasteiger partial charge is 0.256 e. The third-order valence-corrected chi connectivity index (χ3v) is 8.15. The molecule has 0 radical (unpaired) electrons. The molecule has 2 aliphatic heterocycles. The van der Waals surface area contributed by atoms with Gasteiger partial charge in [0.25, 0.3) is 5.91 Å².